The molecule has 0 aromatic heterocycles. The van der Waals surface area contributed by atoms with Crippen molar-refractivity contribution in [3.63, 3.8) is 0 Å². The van der Waals surface area contributed by atoms with Crippen LogP contribution in [0.5, 0.6) is 0 Å². The molecular weight excluding hydrogens is 388 g/mol. The van der Waals surface area contributed by atoms with Crippen LogP contribution in [-0.2, 0) is 14.3 Å². The number of thioether (sulfide) groups is 1. The second-order valence-corrected chi connectivity index (χ2v) is 9.23. The van der Waals surface area contributed by atoms with Crippen LogP contribution in [0.1, 0.15) is 91.4 Å². The lowest BCUT2D eigenvalue weighted by atomic mass is 9.66. The Bertz CT molecular complexity index is 533. The molecule has 6 heteroatoms. The number of aliphatic hydroxyl groups is 1. The number of hydrogen-bond donors (Lipinski definition) is 2. The molecule has 1 fully saturated rings. The topological polar surface area (TPSA) is 83.8 Å². The molecule has 0 amide bonds. The van der Waals surface area contributed by atoms with E-state index >= 15 is 0 Å². The minimum Gasteiger partial charge on any atom is -0.481 e. The Morgan fingerprint density at radius 3 is 2.48 bits per heavy atom. The van der Waals surface area contributed by atoms with Crippen LogP contribution < -0.4 is 0 Å². The number of aliphatic hydroxyl groups excluding tert-OH is 1. The molecule has 1 saturated carbocycles. The van der Waals surface area contributed by atoms with Gasteiger partial charge in [-0.3, -0.25) is 9.59 Å². The molecule has 0 heterocycles. The van der Waals surface area contributed by atoms with Gasteiger partial charge in [-0.1, -0.05) is 57.6 Å². The molecule has 0 aromatic rings. The van der Waals surface area contributed by atoms with Gasteiger partial charge in [0.15, 0.2) is 0 Å². The summed E-state index contributed by atoms with van der Waals surface area (Å²) in [6, 6.07) is 0. The summed E-state index contributed by atoms with van der Waals surface area (Å²) in [4.78, 5) is 23.3. The minimum atomic E-state index is -0.875. The summed E-state index contributed by atoms with van der Waals surface area (Å²) in [5.41, 5.74) is 0.533. The van der Waals surface area contributed by atoms with Gasteiger partial charge in [0, 0.05) is 5.41 Å². The fourth-order valence-corrected chi connectivity index (χ4v) is 5.50. The minimum absolute atomic E-state index is 0.0359. The van der Waals surface area contributed by atoms with E-state index in [1.807, 2.05) is 6.92 Å². The van der Waals surface area contributed by atoms with E-state index in [1.54, 1.807) is 6.92 Å². The van der Waals surface area contributed by atoms with Crippen molar-refractivity contribution < 1.29 is 24.5 Å². The highest BCUT2D eigenvalue weighted by molar-refractivity contribution is 8.00. The Balaban J connectivity index is 2.80. The van der Waals surface area contributed by atoms with Crippen LogP contribution in [0.3, 0.4) is 0 Å². The standard InChI is InChI=1S/C23H40O5S/c1-4-7-8-9-10-11-12-13-18-14-15-23(5-2,16-19(24)25)22(27)21(18)29-17-20(26)28-6-3/h13,21-22,27H,4-12,14-17H2,1-3H3,(H,24,25)/t21-,22-,23-/m1/s1. The van der Waals surface area contributed by atoms with Gasteiger partial charge in [0.05, 0.1) is 30.1 Å². The number of carboxylic acid groups (broad SMARTS) is 1. The first-order valence-corrected chi connectivity index (χ1v) is 12.3. The second-order valence-electron chi connectivity index (χ2n) is 8.10. The molecule has 0 spiro atoms. The molecular formula is C23H40O5S. The fraction of sp³-hybridized carbons (Fsp3) is 0.826. The van der Waals surface area contributed by atoms with E-state index in [0.717, 1.165) is 24.8 Å². The van der Waals surface area contributed by atoms with E-state index in [-0.39, 0.29) is 23.4 Å². The van der Waals surface area contributed by atoms with Gasteiger partial charge in [-0.15, -0.1) is 11.8 Å². The zero-order valence-corrected chi connectivity index (χ0v) is 19.3. The molecule has 1 aliphatic rings. The van der Waals surface area contributed by atoms with Crippen LogP contribution in [-0.4, -0.2) is 45.9 Å². The summed E-state index contributed by atoms with van der Waals surface area (Å²) in [5.74, 6) is -0.984. The zero-order valence-electron chi connectivity index (χ0n) is 18.5. The number of carbonyl (C=O) groups excluding carboxylic acids is 1. The number of carbonyl (C=O) groups is 2. The SMILES string of the molecule is CCCCCCCCC=C1CC[C@](CC)(CC(=O)O)[C@H](O)[C@@H]1SCC(=O)OCC. The first-order valence-electron chi connectivity index (χ1n) is 11.3. The third-order valence-corrected chi connectivity index (χ3v) is 7.37. The first kappa shape index (κ1) is 26.0. The Morgan fingerprint density at radius 2 is 1.86 bits per heavy atom. The summed E-state index contributed by atoms with van der Waals surface area (Å²) in [6.45, 7) is 6.28. The average Bonchev–Trinajstić information content (AvgIpc) is 2.68. The number of rotatable bonds is 14. The number of carboxylic acids is 1. The summed E-state index contributed by atoms with van der Waals surface area (Å²) < 4.78 is 5.04. The highest BCUT2D eigenvalue weighted by atomic mass is 32.2. The molecule has 29 heavy (non-hydrogen) atoms. The van der Waals surface area contributed by atoms with Crippen LogP contribution in [0.15, 0.2) is 11.6 Å². The van der Waals surface area contributed by atoms with Crippen molar-refractivity contribution in [2.75, 3.05) is 12.4 Å². The van der Waals surface area contributed by atoms with E-state index in [0.29, 0.717) is 19.4 Å². The molecule has 2 N–H and O–H groups in total. The first-order chi connectivity index (χ1) is 13.9. The Kier molecular flexibility index (Phi) is 12.6. The second kappa shape index (κ2) is 14.1. The quantitative estimate of drug-likeness (QED) is 0.220. The van der Waals surface area contributed by atoms with E-state index in [4.69, 9.17) is 4.74 Å². The number of allylic oxidation sites excluding steroid dienone is 1. The summed E-state index contributed by atoms with van der Waals surface area (Å²) in [6.07, 6.45) is 11.9. The number of hydrogen-bond acceptors (Lipinski definition) is 5. The lowest BCUT2D eigenvalue weighted by Gasteiger charge is -2.45. The Labute approximate surface area is 180 Å². The van der Waals surface area contributed by atoms with E-state index in [9.17, 15) is 19.8 Å². The van der Waals surface area contributed by atoms with Crippen molar-refractivity contribution in [3.8, 4) is 0 Å². The van der Waals surface area contributed by atoms with Gasteiger partial charge in [-0.25, -0.2) is 0 Å². The van der Waals surface area contributed by atoms with E-state index in [2.05, 4.69) is 13.0 Å². The third kappa shape index (κ3) is 8.71. The maximum absolute atomic E-state index is 11.9. The number of unbranched alkanes of at least 4 members (excludes halogenated alkanes) is 6. The van der Waals surface area contributed by atoms with Crippen molar-refractivity contribution in [2.24, 2.45) is 5.41 Å². The van der Waals surface area contributed by atoms with Crippen molar-refractivity contribution >= 4 is 23.7 Å². The summed E-state index contributed by atoms with van der Waals surface area (Å²) >= 11 is 1.40. The fourth-order valence-electron chi connectivity index (χ4n) is 4.20. The van der Waals surface area contributed by atoms with Crippen molar-refractivity contribution in [3.05, 3.63) is 11.6 Å². The predicted molar refractivity (Wildman–Crippen MR) is 119 cm³/mol. The lowest BCUT2D eigenvalue weighted by molar-refractivity contribution is -0.143. The molecule has 0 bridgehead atoms. The third-order valence-electron chi connectivity index (χ3n) is 6.05. The van der Waals surface area contributed by atoms with Gasteiger partial charge in [0.1, 0.15) is 0 Å². The molecule has 5 nitrogen and oxygen atoms in total. The number of ether oxygens (including phenoxy) is 1. The maximum Gasteiger partial charge on any atom is 0.315 e. The van der Waals surface area contributed by atoms with Gasteiger partial charge in [-0.05, 0) is 39.0 Å². The molecule has 168 valence electrons. The van der Waals surface area contributed by atoms with E-state index < -0.39 is 17.5 Å². The average molecular weight is 429 g/mol. The van der Waals surface area contributed by atoms with Gasteiger partial charge in [0.25, 0.3) is 0 Å². The monoisotopic (exact) mass is 428 g/mol. The Hall–Kier alpha value is -1.01. The van der Waals surface area contributed by atoms with Crippen LogP contribution in [0.2, 0.25) is 0 Å². The molecule has 0 saturated heterocycles. The maximum atomic E-state index is 11.9. The number of aliphatic carboxylic acids is 1. The van der Waals surface area contributed by atoms with Crippen molar-refractivity contribution in [1.82, 2.24) is 0 Å². The smallest absolute Gasteiger partial charge is 0.315 e. The molecule has 3 atom stereocenters. The van der Waals surface area contributed by atoms with E-state index in [1.165, 1.54) is 43.9 Å². The van der Waals surface area contributed by atoms with Crippen LogP contribution in [0.4, 0.5) is 0 Å². The predicted octanol–water partition coefficient (Wildman–Crippen LogP) is 5.35. The van der Waals surface area contributed by atoms with Gasteiger partial charge >= 0.3 is 11.9 Å². The Morgan fingerprint density at radius 1 is 1.17 bits per heavy atom. The van der Waals surface area contributed by atoms with Crippen molar-refractivity contribution in [2.45, 2.75) is 103 Å². The van der Waals surface area contributed by atoms with Crippen LogP contribution in [0.25, 0.3) is 0 Å². The zero-order chi connectivity index (χ0) is 21.7. The van der Waals surface area contributed by atoms with Gasteiger partial charge in [0.2, 0.25) is 0 Å². The molecule has 0 unspecified atom stereocenters. The highest BCUT2D eigenvalue weighted by Crippen LogP contribution is 2.48. The van der Waals surface area contributed by atoms with Crippen LogP contribution >= 0.6 is 11.8 Å². The number of esters is 1. The largest absolute Gasteiger partial charge is 0.481 e. The molecule has 0 aromatic carbocycles. The van der Waals surface area contributed by atoms with Crippen molar-refractivity contribution in [1.29, 1.82) is 0 Å². The van der Waals surface area contributed by atoms with Crippen LogP contribution in [0, 0.1) is 5.41 Å². The lowest BCUT2D eigenvalue weighted by Crippen LogP contribution is -2.47. The summed E-state index contributed by atoms with van der Waals surface area (Å²) in [5, 5.41) is 20.3. The normalized spacial score (nSPS) is 25.9. The molecule has 0 aliphatic heterocycles. The molecule has 1 aliphatic carbocycles. The summed E-state index contributed by atoms with van der Waals surface area (Å²) in [7, 11) is 0. The molecule has 1 rings (SSSR count). The molecule has 0 radical (unpaired) electrons. The highest BCUT2D eigenvalue weighted by Gasteiger charge is 2.47. The van der Waals surface area contributed by atoms with Gasteiger partial charge in [-0.2, -0.15) is 0 Å². The van der Waals surface area contributed by atoms with Gasteiger partial charge < -0.3 is 14.9 Å².